The van der Waals surface area contributed by atoms with Crippen LogP contribution in [0.5, 0.6) is 0 Å². The number of aryl methyl sites for hydroxylation is 1. The molecular formula is C27H23Cl3N4O3S. The van der Waals surface area contributed by atoms with E-state index in [1.807, 2.05) is 36.6 Å². The molecule has 0 aliphatic carbocycles. The Bertz CT molecular complexity index is 1620. The topological polar surface area (TPSA) is 83.8 Å². The standard InChI is InChI=1S/C27H23Cl3N4O3S/c1-18-14-20(19(2)34(18)25-13-7-12-24(29)27(25)30)16-31-32-26(35)17-33(22-9-6-8-21(28)15-22)38(36,37)23-10-4-3-5-11-23/h3-16H,17H2,1-2H3,(H,32,35)/b31-16-. The van der Waals surface area contributed by atoms with Crippen LogP contribution in [0, 0.1) is 13.8 Å². The summed E-state index contributed by atoms with van der Waals surface area (Å²) in [5, 5.41) is 5.27. The first-order valence-corrected chi connectivity index (χ1v) is 14.0. The Morgan fingerprint density at radius 1 is 0.974 bits per heavy atom. The maximum Gasteiger partial charge on any atom is 0.264 e. The van der Waals surface area contributed by atoms with Crippen molar-refractivity contribution in [1.82, 2.24) is 9.99 Å². The Morgan fingerprint density at radius 3 is 2.39 bits per heavy atom. The van der Waals surface area contributed by atoms with Crippen molar-refractivity contribution in [3.63, 3.8) is 0 Å². The molecule has 1 N–H and O–H groups in total. The number of anilines is 1. The van der Waals surface area contributed by atoms with Gasteiger partial charge < -0.3 is 4.57 Å². The van der Waals surface area contributed by atoms with Crippen LogP contribution in [0.4, 0.5) is 5.69 Å². The summed E-state index contributed by atoms with van der Waals surface area (Å²) in [5.41, 5.74) is 5.85. The van der Waals surface area contributed by atoms with E-state index in [1.54, 1.807) is 42.5 Å². The molecule has 0 aliphatic rings. The third-order valence-corrected chi connectivity index (χ3v) is 8.58. The third kappa shape index (κ3) is 5.89. The second-order valence-corrected chi connectivity index (χ2v) is 11.4. The van der Waals surface area contributed by atoms with Gasteiger partial charge in [0, 0.05) is 22.0 Å². The zero-order valence-electron chi connectivity index (χ0n) is 20.4. The molecular weight excluding hydrogens is 567 g/mol. The van der Waals surface area contributed by atoms with Gasteiger partial charge in [0.15, 0.2) is 0 Å². The van der Waals surface area contributed by atoms with E-state index in [0.717, 1.165) is 26.9 Å². The molecule has 38 heavy (non-hydrogen) atoms. The minimum absolute atomic E-state index is 0.0448. The number of carbonyl (C=O) groups excluding carboxylic acids is 1. The highest BCUT2D eigenvalue weighted by molar-refractivity contribution is 7.92. The minimum atomic E-state index is -4.06. The first kappa shape index (κ1) is 27.7. The largest absolute Gasteiger partial charge is 0.316 e. The van der Waals surface area contributed by atoms with E-state index in [1.165, 1.54) is 24.4 Å². The highest BCUT2D eigenvalue weighted by Crippen LogP contribution is 2.31. The number of nitrogens with one attached hydrogen (secondary N) is 1. The predicted molar refractivity (Wildman–Crippen MR) is 153 cm³/mol. The number of hydrazone groups is 1. The molecule has 0 saturated carbocycles. The first-order valence-electron chi connectivity index (χ1n) is 11.4. The molecule has 4 aromatic rings. The molecule has 0 fully saturated rings. The molecule has 0 spiro atoms. The van der Waals surface area contributed by atoms with E-state index in [-0.39, 0.29) is 10.6 Å². The number of aromatic nitrogens is 1. The molecule has 11 heteroatoms. The van der Waals surface area contributed by atoms with Crippen molar-refractivity contribution < 1.29 is 13.2 Å². The Balaban J connectivity index is 1.56. The molecule has 196 valence electrons. The van der Waals surface area contributed by atoms with Gasteiger partial charge in [0.05, 0.1) is 32.5 Å². The fraction of sp³-hybridized carbons (Fsp3) is 0.111. The molecule has 1 aromatic heterocycles. The summed E-state index contributed by atoms with van der Waals surface area (Å²) in [6.45, 7) is 3.30. The lowest BCUT2D eigenvalue weighted by Gasteiger charge is -2.23. The van der Waals surface area contributed by atoms with Crippen LogP contribution in [0.3, 0.4) is 0 Å². The van der Waals surface area contributed by atoms with Crippen molar-refractivity contribution in [2.24, 2.45) is 5.10 Å². The van der Waals surface area contributed by atoms with Gasteiger partial charge in [-0.25, -0.2) is 13.8 Å². The van der Waals surface area contributed by atoms with Crippen molar-refractivity contribution in [2.45, 2.75) is 18.7 Å². The van der Waals surface area contributed by atoms with Gasteiger partial charge in [0.25, 0.3) is 15.9 Å². The molecule has 1 amide bonds. The van der Waals surface area contributed by atoms with Crippen LogP contribution < -0.4 is 9.73 Å². The highest BCUT2D eigenvalue weighted by Gasteiger charge is 2.27. The number of hydrogen-bond acceptors (Lipinski definition) is 4. The van der Waals surface area contributed by atoms with Crippen molar-refractivity contribution in [3.05, 3.63) is 111 Å². The van der Waals surface area contributed by atoms with E-state index in [0.29, 0.717) is 15.1 Å². The van der Waals surface area contributed by atoms with Gasteiger partial charge in [-0.05, 0) is 62.4 Å². The maximum atomic E-state index is 13.4. The maximum absolute atomic E-state index is 13.4. The number of halogens is 3. The summed E-state index contributed by atoms with van der Waals surface area (Å²) in [6, 6.07) is 21.4. The van der Waals surface area contributed by atoms with Crippen molar-refractivity contribution in [2.75, 3.05) is 10.8 Å². The number of hydrogen-bond donors (Lipinski definition) is 1. The van der Waals surface area contributed by atoms with E-state index in [4.69, 9.17) is 34.8 Å². The van der Waals surface area contributed by atoms with Crippen molar-refractivity contribution in [3.8, 4) is 5.69 Å². The lowest BCUT2D eigenvalue weighted by Crippen LogP contribution is -2.39. The van der Waals surface area contributed by atoms with Crippen LogP contribution in [0.2, 0.25) is 15.1 Å². The summed E-state index contributed by atoms with van der Waals surface area (Å²) >= 11 is 18.7. The smallest absolute Gasteiger partial charge is 0.264 e. The third-order valence-electron chi connectivity index (χ3n) is 5.75. The normalized spacial score (nSPS) is 11.6. The number of sulfonamides is 1. The Kier molecular flexibility index (Phi) is 8.47. The predicted octanol–water partition coefficient (Wildman–Crippen LogP) is 6.40. The highest BCUT2D eigenvalue weighted by atomic mass is 35.5. The van der Waals surface area contributed by atoms with Gasteiger partial charge in [0.2, 0.25) is 0 Å². The minimum Gasteiger partial charge on any atom is -0.316 e. The lowest BCUT2D eigenvalue weighted by atomic mass is 10.2. The zero-order chi connectivity index (χ0) is 27.4. The molecule has 0 aliphatic heterocycles. The Hall–Kier alpha value is -3.30. The first-order chi connectivity index (χ1) is 18.1. The molecule has 0 bridgehead atoms. The van der Waals surface area contributed by atoms with Crippen LogP contribution in [0.1, 0.15) is 17.0 Å². The lowest BCUT2D eigenvalue weighted by molar-refractivity contribution is -0.119. The van der Waals surface area contributed by atoms with Crippen molar-refractivity contribution >= 4 is 62.6 Å². The molecule has 0 saturated heterocycles. The van der Waals surface area contributed by atoms with Gasteiger partial charge in [-0.3, -0.25) is 9.10 Å². The van der Waals surface area contributed by atoms with Gasteiger partial charge in [-0.2, -0.15) is 5.10 Å². The Labute approximate surface area is 236 Å². The molecule has 0 radical (unpaired) electrons. The van der Waals surface area contributed by atoms with Gasteiger partial charge >= 0.3 is 0 Å². The van der Waals surface area contributed by atoms with Crippen LogP contribution in [-0.4, -0.2) is 31.7 Å². The molecule has 3 aromatic carbocycles. The summed E-state index contributed by atoms with van der Waals surface area (Å²) in [6.07, 6.45) is 1.49. The van der Waals surface area contributed by atoms with Crippen LogP contribution in [-0.2, 0) is 14.8 Å². The average Bonchev–Trinajstić information content (AvgIpc) is 3.17. The summed E-state index contributed by atoms with van der Waals surface area (Å²) in [7, 11) is -4.06. The van der Waals surface area contributed by atoms with Gasteiger partial charge in [-0.15, -0.1) is 0 Å². The SMILES string of the molecule is Cc1cc(/C=N\NC(=O)CN(c2cccc(Cl)c2)S(=O)(=O)c2ccccc2)c(C)n1-c1cccc(Cl)c1Cl. The average molecular weight is 590 g/mol. The van der Waals surface area contributed by atoms with E-state index < -0.39 is 22.5 Å². The fourth-order valence-corrected chi connectivity index (χ4v) is 5.96. The molecule has 4 rings (SSSR count). The number of carbonyl (C=O) groups is 1. The van der Waals surface area contributed by atoms with Crippen LogP contribution in [0.15, 0.2) is 88.9 Å². The number of amides is 1. The summed E-state index contributed by atoms with van der Waals surface area (Å²) in [4.78, 5) is 12.9. The molecule has 1 heterocycles. The molecule has 7 nitrogen and oxygen atoms in total. The number of rotatable bonds is 8. The van der Waals surface area contributed by atoms with E-state index in [2.05, 4.69) is 10.5 Å². The van der Waals surface area contributed by atoms with E-state index >= 15 is 0 Å². The quantitative estimate of drug-likeness (QED) is 0.191. The second kappa shape index (κ2) is 11.6. The summed E-state index contributed by atoms with van der Waals surface area (Å²) < 4.78 is 29.7. The van der Waals surface area contributed by atoms with Crippen molar-refractivity contribution in [1.29, 1.82) is 0 Å². The fourth-order valence-electron chi connectivity index (χ4n) is 3.96. The number of nitrogens with zero attached hydrogens (tertiary/aromatic N) is 3. The molecule has 0 unspecified atom stereocenters. The number of benzene rings is 3. The zero-order valence-corrected chi connectivity index (χ0v) is 23.5. The van der Waals surface area contributed by atoms with E-state index in [9.17, 15) is 13.2 Å². The monoisotopic (exact) mass is 588 g/mol. The second-order valence-electron chi connectivity index (χ2n) is 8.33. The van der Waals surface area contributed by atoms with Gasteiger partial charge in [-0.1, -0.05) is 65.1 Å². The molecule has 0 atom stereocenters. The van der Waals surface area contributed by atoms with Gasteiger partial charge in [0.1, 0.15) is 6.54 Å². The Morgan fingerprint density at radius 2 is 1.68 bits per heavy atom. The summed E-state index contributed by atoms with van der Waals surface area (Å²) in [5.74, 6) is -0.632. The van der Waals surface area contributed by atoms with Crippen LogP contribution >= 0.6 is 34.8 Å². The van der Waals surface area contributed by atoms with Crippen LogP contribution in [0.25, 0.3) is 5.69 Å².